The molecule has 0 saturated carbocycles. The van der Waals surface area contributed by atoms with Gasteiger partial charge in [0.2, 0.25) is 0 Å². The molecule has 0 fully saturated rings. The van der Waals surface area contributed by atoms with Crippen molar-refractivity contribution in [1.29, 1.82) is 0 Å². The maximum Gasteiger partial charge on any atom is 0.258 e. The van der Waals surface area contributed by atoms with E-state index in [9.17, 15) is 4.79 Å². The summed E-state index contributed by atoms with van der Waals surface area (Å²) in [7, 11) is 3.86. The van der Waals surface area contributed by atoms with E-state index >= 15 is 0 Å². The average molecular weight is 343 g/mol. The smallest absolute Gasteiger partial charge is 0.258 e. The van der Waals surface area contributed by atoms with Gasteiger partial charge in [-0.3, -0.25) is 4.79 Å². The van der Waals surface area contributed by atoms with E-state index in [0.717, 1.165) is 17.2 Å². The van der Waals surface area contributed by atoms with Crippen molar-refractivity contribution in [2.24, 2.45) is 0 Å². The monoisotopic (exact) mass is 343 g/mol. The second-order valence-electron chi connectivity index (χ2n) is 5.93. The summed E-state index contributed by atoms with van der Waals surface area (Å²) in [5.41, 5.74) is 1.10. The van der Waals surface area contributed by atoms with E-state index in [1.165, 1.54) is 0 Å². The molecule has 1 amide bonds. The summed E-state index contributed by atoms with van der Waals surface area (Å²) < 4.78 is 5.46. The second-order valence-corrected chi connectivity index (χ2v) is 5.93. The van der Waals surface area contributed by atoms with Gasteiger partial charge in [0, 0.05) is 33.3 Å². The standard InChI is InChI=1S/C18H25N5O2/c1-13-6-5-7-15(10-13)25-12-18(24)20-9-8-19-16-11-17(23(3)4)22-14(2)21-16/h5-7,10-11H,8-9,12H2,1-4H3,(H,20,24)(H,19,21,22). The van der Waals surface area contributed by atoms with Crippen molar-refractivity contribution < 1.29 is 9.53 Å². The number of hydrogen-bond donors (Lipinski definition) is 2. The molecule has 0 radical (unpaired) electrons. The topological polar surface area (TPSA) is 79.4 Å². The molecule has 0 aliphatic carbocycles. The number of rotatable bonds is 8. The van der Waals surface area contributed by atoms with Gasteiger partial charge in [0.25, 0.3) is 5.91 Å². The van der Waals surface area contributed by atoms with Gasteiger partial charge < -0.3 is 20.3 Å². The van der Waals surface area contributed by atoms with E-state index in [2.05, 4.69) is 20.6 Å². The van der Waals surface area contributed by atoms with Crippen LogP contribution in [-0.2, 0) is 4.79 Å². The van der Waals surface area contributed by atoms with Gasteiger partial charge in [-0.1, -0.05) is 12.1 Å². The van der Waals surface area contributed by atoms with Crippen LogP contribution in [0.4, 0.5) is 11.6 Å². The zero-order chi connectivity index (χ0) is 18.2. The Labute approximate surface area is 148 Å². The zero-order valence-corrected chi connectivity index (χ0v) is 15.2. The van der Waals surface area contributed by atoms with Crippen molar-refractivity contribution in [3.05, 3.63) is 41.7 Å². The molecule has 0 bridgehead atoms. The zero-order valence-electron chi connectivity index (χ0n) is 15.2. The number of carbonyl (C=O) groups is 1. The minimum Gasteiger partial charge on any atom is -0.484 e. The quantitative estimate of drug-likeness (QED) is 0.711. The number of carbonyl (C=O) groups excluding carboxylic acids is 1. The highest BCUT2D eigenvalue weighted by Gasteiger charge is 2.05. The van der Waals surface area contributed by atoms with E-state index in [-0.39, 0.29) is 12.5 Å². The lowest BCUT2D eigenvalue weighted by Gasteiger charge is -2.14. The van der Waals surface area contributed by atoms with Gasteiger partial charge in [0.15, 0.2) is 6.61 Å². The molecule has 1 aromatic carbocycles. The van der Waals surface area contributed by atoms with Crippen molar-refractivity contribution in [1.82, 2.24) is 15.3 Å². The maximum absolute atomic E-state index is 11.8. The highest BCUT2D eigenvalue weighted by molar-refractivity contribution is 5.77. The van der Waals surface area contributed by atoms with Gasteiger partial charge in [-0.05, 0) is 31.5 Å². The van der Waals surface area contributed by atoms with Crippen LogP contribution in [0, 0.1) is 13.8 Å². The predicted octanol–water partition coefficient (Wildman–Crippen LogP) is 1.77. The van der Waals surface area contributed by atoms with Gasteiger partial charge in [-0.2, -0.15) is 0 Å². The first-order valence-corrected chi connectivity index (χ1v) is 8.17. The predicted molar refractivity (Wildman–Crippen MR) is 99.3 cm³/mol. The largest absolute Gasteiger partial charge is 0.484 e. The number of aryl methyl sites for hydroxylation is 2. The van der Waals surface area contributed by atoms with E-state index in [1.807, 2.05) is 63.2 Å². The normalized spacial score (nSPS) is 10.2. The van der Waals surface area contributed by atoms with Crippen LogP contribution in [0.15, 0.2) is 30.3 Å². The fraction of sp³-hybridized carbons (Fsp3) is 0.389. The molecule has 0 saturated heterocycles. The molecule has 0 aliphatic heterocycles. The lowest BCUT2D eigenvalue weighted by Crippen LogP contribution is -2.32. The molecular weight excluding hydrogens is 318 g/mol. The van der Waals surface area contributed by atoms with Crippen LogP contribution in [-0.4, -0.2) is 49.7 Å². The highest BCUT2D eigenvalue weighted by Crippen LogP contribution is 2.13. The Hall–Kier alpha value is -2.83. The summed E-state index contributed by atoms with van der Waals surface area (Å²) in [6.07, 6.45) is 0. The highest BCUT2D eigenvalue weighted by atomic mass is 16.5. The third-order valence-corrected chi connectivity index (χ3v) is 3.40. The Balaban J connectivity index is 1.71. The molecule has 7 heteroatoms. The van der Waals surface area contributed by atoms with Crippen LogP contribution in [0.1, 0.15) is 11.4 Å². The molecule has 7 nitrogen and oxygen atoms in total. The summed E-state index contributed by atoms with van der Waals surface area (Å²) in [6.45, 7) is 4.88. The minimum absolute atomic E-state index is 0.000839. The Morgan fingerprint density at radius 3 is 2.68 bits per heavy atom. The van der Waals surface area contributed by atoms with Crippen molar-refractivity contribution >= 4 is 17.5 Å². The number of aromatic nitrogens is 2. The first kappa shape index (κ1) is 18.5. The lowest BCUT2D eigenvalue weighted by molar-refractivity contribution is -0.123. The Bertz CT molecular complexity index is 718. The number of nitrogens with one attached hydrogen (secondary N) is 2. The van der Waals surface area contributed by atoms with Gasteiger partial charge in [-0.25, -0.2) is 9.97 Å². The van der Waals surface area contributed by atoms with E-state index < -0.39 is 0 Å². The van der Waals surface area contributed by atoms with Crippen LogP contribution in [0.2, 0.25) is 0 Å². The van der Waals surface area contributed by atoms with Crippen LogP contribution in [0.25, 0.3) is 0 Å². The molecule has 0 aliphatic rings. The first-order chi connectivity index (χ1) is 11.9. The van der Waals surface area contributed by atoms with Crippen molar-refractivity contribution in [3.63, 3.8) is 0 Å². The molecule has 0 atom stereocenters. The Kier molecular flexibility index (Phi) is 6.56. The van der Waals surface area contributed by atoms with Gasteiger partial charge >= 0.3 is 0 Å². The van der Waals surface area contributed by atoms with Gasteiger partial charge in [-0.15, -0.1) is 0 Å². The van der Waals surface area contributed by atoms with Crippen molar-refractivity contribution in [2.45, 2.75) is 13.8 Å². The maximum atomic E-state index is 11.8. The van der Waals surface area contributed by atoms with Crippen LogP contribution in [0.3, 0.4) is 0 Å². The summed E-state index contributed by atoms with van der Waals surface area (Å²) in [5.74, 6) is 2.81. The van der Waals surface area contributed by atoms with Crippen LogP contribution < -0.4 is 20.3 Å². The molecule has 2 aromatic rings. The Morgan fingerprint density at radius 2 is 1.96 bits per heavy atom. The summed E-state index contributed by atoms with van der Waals surface area (Å²) in [4.78, 5) is 22.4. The van der Waals surface area contributed by atoms with E-state index in [0.29, 0.717) is 24.7 Å². The summed E-state index contributed by atoms with van der Waals surface area (Å²) in [5, 5.41) is 5.99. The average Bonchev–Trinajstić information content (AvgIpc) is 2.56. The number of benzene rings is 1. The SMILES string of the molecule is Cc1cccc(OCC(=O)NCCNc2cc(N(C)C)nc(C)n2)c1. The number of anilines is 2. The molecular formula is C18H25N5O2. The Morgan fingerprint density at radius 1 is 1.16 bits per heavy atom. The third kappa shape index (κ3) is 6.29. The molecule has 134 valence electrons. The molecule has 1 heterocycles. The third-order valence-electron chi connectivity index (χ3n) is 3.40. The molecule has 0 spiro atoms. The number of amides is 1. The summed E-state index contributed by atoms with van der Waals surface area (Å²) >= 11 is 0. The number of nitrogens with zero attached hydrogens (tertiary/aromatic N) is 3. The number of ether oxygens (including phenoxy) is 1. The molecule has 25 heavy (non-hydrogen) atoms. The van der Waals surface area contributed by atoms with Crippen LogP contribution >= 0.6 is 0 Å². The van der Waals surface area contributed by atoms with Crippen molar-refractivity contribution in [3.8, 4) is 5.75 Å². The minimum atomic E-state index is -0.156. The second kappa shape index (κ2) is 8.86. The first-order valence-electron chi connectivity index (χ1n) is 8.17. The fourth-order valence-corrected chi connectivity index (χ4v) is 2.17. The molecule has 2 rings (SSSR count). The number of hydrogen-bond acceptors (Lipinski definition) is 6. The fourth-order valence-electron chi connectivity index (χ4n) is 2.17. The molecule has 1 aromatic heterocycles. The lowest BCUT2D eigenvalue weighted by atomic mass is 10.2. The molecule has 0 unspecified atom stereocenters. The summed E-state index contributed by atoms with van der Waals surface area (Å²) in [6, 6.07) is 9.49. The van der Waals surface area contributed by atoms with Gasteiger partial charge in [0.1, 0.15) is 23.2 Å². The van der Waals surface area contributed by atoms with E-state index in [4.69, 9.17) is 4.74 Å². The van der Waals surface area contributed by atoms with Crippen molar-refractivity contribution in [2.75, 3.05) is 44.0 Å². The van der Waals surface area contributed by atoms with E-state index in [1.54, 1.807) is 0 Å². The van der Waals surface area contributed by atoms with Gasteiger partial charge in [0.05, 0.1) is 0 Å². The molecule has 2 N–H and O–H groups in total. The van der Waals surface area contributed by atoms with Crippen LogP contribution in [0.5, 0.6) is 5.75 Å².